The molecule has 0 saturated carbocycles. The first-order chi connectivity index (χ1) is 7.72. The van der Waals surface area contributed by atoms with Crippen LogP contribution in [-0.4, -0.2) is 22.3 Å². The molecule has 4 heteroatoms. The van der Waals surface area contributed by atoms with Gasteiger partial charge in [0.15, 0.2) is 0 Å². The van der Waals surface area contributed by atoms with E-state index in [0.29, 0.717) is 0 Å². The van der Waals surface area contributed by atoms with Gasteiger partial charge in [0.2, 0.25) is 0 Å². The number of unbranched alkanes of at least 4 members (excludes halogenated alkanes) is 6. The van der Waals surface area contributed by atoms with E-state index in [9.17, 15) is 0 Å². The molecule has 102 valence electrons. The molecule has 0 aromatic heterocycles. The summed E-state index contributed by atoms with van der Waals surface area (Å²) in [5.74, 6) is 0. The fourth-order valence-electron chi connectivity index (χ4n) is 1.76. The van der Waals surface area contributed by atoms with E-state index in [1.165, 1.54) is 51.4 Å². The van der Waals surface area contributed by atoms with Crippen molar-refractivity contribution in [1.82, 2.24) is 4.90 Å². The summed E-state index contributed by atoms with van der Waals surface area (Å²) in [5, 5.41) is 0. The molecule has 0 aromatic carbocycles. The van der Waals surface area contributed by atoms with E-state index in [-0.39, 0.29) is 21.1 Å². The van der Waals surface area contributed by atoms with Gasteiger partial charge in [0.1, 0.15) is 4.32 Å². The maximum Gasteiger partial charge on any atom is 0.133 e. The summed E-state index contributed by atoms with van der Waals surface area (Å²) < 4.78 is 0.771. The molecule has 0 heterocycles. The number of nitrogens with zero attached hydrogens (tertiary/aromatic N) is 1. The summed E-state index contributed by atoms with van der Waals surface area (Å²) in [6.45, 7) is 6.67. The Bertz CT molecular complexity index is 165. The van der Waals surface area contributed by atoms with Gasteiger partial charge < -0.3 is 4.90 Å². The summed E-state index contributed by atoms with van der Waals surface area (Å²) in [6.07, 6.45) is 10.4. The molecule has 1 nitrogen and oxygen atoms in total. The van der Waals surface area contributed by atoms with Crippen molar-refractivity contribution in [3.63, 3.8) is 0 Å². The molecule has 0 atom stereocenters. The second kappa shape index (κ2) is 15.0. The number of hydrogen-bond acceptors (Lipinski definition) is 1. The molecule has 0 spiro atoms. The molecular weight excluding hydrogens is 418 g/mol. The quantitative estimate of drug-likeness (QED) is 0.296. The van der Waals surface area contributed by atoms with Crippen molar-refractivity contribution >= 4 is 29.2 Å². The second-order valence-electron chi connectivity index (χ2n) is 4.39. The molecule has 0 N–H and O–H groups in total. The molecule has 0 radical (unpaired) electrons. The van der Waals surface area contributed by atoms with Crippen LogP contribution in [0.3, 0.4) is 0 Å². The van der Waals surface area contributed by atoms with Crippen molar-refractivity contribution < 1.29 is 21.1 Å². The Morgan fingerprint density at radius 3 is 1.59 bits per heavy atom. The Morgan fingerprint density at radius 1 is 0.882 bits per heavy atom. The van der Waals surface area contributed by atoms with Gasteiger partial charge in [-0.15, -0.1) is 12.6 Å². The third-order valence-corrected chi connectivity index (χ3v) is 3.37. The average molecular weight is 445 g/mol. The maximum atomic E-state index is 5.16. The minimum atomic E-state index is 0. The molecule has 0 rings (SSSR count). The Labute approximate surface area is 133 Å². The molecule has 17 heavy (non-hydrogen) atoms. The summed E-state index contributed by atoms with van der Waals surface area (Å²) in [5.41, 5.74) is 0. The molecule has 0 aliphatic heterocycles. The van der Waals surface area contributed by atoms with Crippen molar-refractivity contribution in [3.8, 4) is 0 Å². The van der Waals surface area contributed by atoms with E-state index in [2.05, 4.69) is 31.4 Å². The maximum absolute atomic E-state index is 5.16. The van der Waals surface area contributed by atoms with Gasteiger partial charge in [0.25, 0.3) is 0 Å². The van der Waals surface area contributed by atoms with E-state index < -0.39 is 0 Å². The summed E-state index contributed by atoms with van der Waals surface area (Å²) in [6, 6.07) is 0. The van der Waals surface area contributed by atoms with Gasteiger partial charge in [-0.1, -0.05) is 64.6 Å². The zero-order valence-corrected chi connectivity index (χ0v) is 15.9. The van der Waals surface area contributed by atoms with Crippen LogP contribution in [0, 0.1) is 0 Å². The zero-order valence-electron chi connectivity index (χ0n) is 11.3. The van der Waals surface area contributed by atoms with E-state index in [0.717, 1.165) is 17.4 Å². The molecule has 0 aromatic rings. The Hall–Kier alpha value is 0.928. The van der Waals surface area contributed by atoms with Crippen molar-refractivity contribution in [1.29, 1.82) is 0 Å². The topological polar surface area (TPSA) is 3.24 Å². The smallest absolute Gasteiger partial charge is 0.133 e. The molecule has 0 fully saturated rings. The van der Waals surface area contributed by atoms with Crippen LogP contribution in [0.2, 0.25) is 0 Å². The van der Waals surface area contributed by atoms with Crippen LogP contribution in [0.4, 0.5) is 0 Å². The summed E-state index contributed by atoms with van der Waals surface area (Å²) in [4.78, 5) is 2.25. The Balaban J connectivity index is 0. The fourth-order valence-corrected chi connectivity index (χ4v) is 2.14. The van der Waals surface area contributed by atoms with Crippen molar-refractivity contribution in [2.45, 2.75) is 65.2 Å². The Morgan fingerprint density at radius 2 is 1.29 bits per heavy atom. The van der Waals surface area contributed by atoms with E-state index in [1.54, 1.807) is 0 Å². The number of hydrogen-bond donors (Lipinski definition) is 1. The molecule has 0 aliphatic rings. The molecule has 0 unspecified atom stereocenters. The summed E-state index contributed by atoms with van der Waals surface area (Å²) >= 11 is 9.46. The SMILES string of the molecule is CCCCCCN(CCCCCC)C(=S)S.[W]. The minimum Gasteiger partial charge on any atom is -0.358 e. The van der Waals surface area contributed by atoms with Gasteiger partial charge in [-0.25, -0.2) is 0 Å². The van der Waals surface area contributed by atoms with Crippen molar-refractivity contribution in [3.05, 3.63) is 0 Å². The predicted molar refractivity (Wildman–Crippen MR) is 81.4 cm³/mol. The van der Waals surface area contributed by atoms with Crippen LogP contribution in [0.15, 0.2) is 0 Å². The third-order valence-electron chi connectivity index (χ3n) is 2.83. The van der Waals surface area contributed by atoms with Gasteiger partial charge in [0, 0.05) is 34.2 Å². The van der Waals surface area contributed by atoms with Crippen molar-refractivity contribution in [2.75, 3.05) is 13.1 Å². The molecule has 0 amide bonds. The standard InChI is InChI=1S/C13H27NS2.W/c1-3-5-7-9-11-14(13(15)16)12-10-8-6-4-2;/h3-12H2,1-2H3,(H,15,16);. The van der Waals surface area contributed by atoms with Crippen LogP contribution in [0.1, 0.15) is 65.2 Å². The Kier molecular flexibility index (Phi) is 17.9. The third kappa shape index (κ3) is 13.2. The summed E-state index contributed by atoms with van der Waals surface area (Å²) in [7, 11) is 0. The number of rotatable bonds is 10. The largest absolute Gasteiger partial charge is 0.358 e. The monoisotopic (exact) mass is 445 g/mol. The van der Waals surface area contributed by atoms with Gasteiger partial charge in [0.05, 0.1) is 0 Å². The van der Waals surface area contributed by atoms with E-state index >= 15 is 0 Å². The predicted octanol–water partition coefficient (Wildman–Crippen LogP) is 4.66. The average Bonchev–Trinajstić information content (AvgIpc) is 2.26. The fraction of sp³-hybridized carbons (Fsp3) is 0.923. The van der Waals surface area contributed by atoms with Gasteiger partial charge in [-0.05, 0) is 12.8 Å². The first kappa shape index (κ1) is 20.3. The van der Waals surface area contributed by atoms with Gasteiger partial charge >= 0.3 is 0 Å². The van der Waals surface area contributed by atoms with Gasteiger partial charge in [-0.3, -0.25) is 0 Å². The minimum absolute atomic E-state index is 0. The second-order valence-corrected chi connectivity index (χ2v) is 5.50. The van der Waals surface area contributed by atoms with Crippen LogP contribution < -0.4 is 0 Å². The van der Waals surface area contributed by atoms with Gasteiger partial charge in [-0.2, -0.15) is 0 Å². The van der Waals surface area contributed by atoms with Crippen LogP contribution >= 0.6 is 24.8 Å². The first-order valence-corrected chi connectivity index (χ1v) is 7.55. The molecule has 0 bridgehead atoms. The molecule has 0 saturated heterocycles. The number of thiocarbonyl (C=S) groups is 1. The van der Waals surface area contributed by atoms with Crippen LogP contribution in [0.5, 0.6) is 0 Å². The number of thiol groups is 1. The van der Waals surface area contributed by atoms with Crippen LogP contribution in [-0.2, 0) is 21.1 Å². The van der Waals surface area contributed by atoms with Crippen molar-refractivity contribution in [2.24, 2.45) is 0 Å². The molecule has 0 aliphatic carbocycles. The first-order valence-electron chi connectivity index (χ1n) is 6.70. The molecular formula is C13H27NS2W. The normalized spacial score (nSPS) is 9.82. The zero-order chi connectivity index (χ0) is 12.2. The van der Waals surface area contributed by atoms with E-state index in [4.69, 9.17) is 12.2 Å². The van der Waals surface area contributed by atoms with Crippen LogP contribution in [0.25, 0.3) is 0 Å². The van der Waals surface area contributed by atoms with E-state index in [1.807, 2.05) is 0 Å².